The number of rotatable bonds is 4. The molecular weight excluding hydrogens is 318 g/mol. The van der Waals surface area contributed by atoms with Gasteiger partial charge in [-0.05, 0) is 37.3 Å². The predicted molar refractivity (Wildman–Crippen MR) is 95.6 cm³/mol. The van der Waals surface area contributed by atoms with Crippen molar-refractivity contribution < 1.29 is 9.59 Å². The molecule has 2 bridgehead atoms. The van der Waals surface area contributed by atoms with Crippen LogP contribution in [-0.2, 0) is 4.79 Å². The summed E-state index contributed by atoms with van der Waals surface area (Å²) >= 11 is 0. The number of nitrogens with one attached hydrogen (secondary N) is 1. The second kappa shape index (κ2) is 7.02. The van der Waals surface area contributed by atoms with Crippen LogP contribution < -0.4 is 5.56 Å². The van der Waals surface area contributed by atoms with E-state index in [0.717, 1.165) is 31.5 Å². The molecule has 4 rings (SSSR count). The maximum Gasteiger partial charge on any atom is 0.261 e. The third kappa shape index (κ3) is 3.34. The van der Waals surface area contributed by atoms with Gasteiger partial charge in [-0.3, -0.25) is 14.4 Å². The molecule has 25 heavy (non-hydrogen) atoms. The summed E-state index contributed by atoms with van der Waals surface area (Å²) in [7, 11) is 0. The van der Waals surface area contributed by atoms with E-state index in [1.165, 1.54) is 0 Å². The Hall–Kier alpha value is -2.11. The number of piperidine rings is 1. The van der Waals surface area contributed by atoms with Crippen molar-refractivity contribution in [3.63, 3.8) is 0 Å². The van der Waals surface area contributed by atoms with Crippen molar-refractivity contribution in [1.29, 1.82) is 0 Å². The van der Waals surface area contributed by atoms with Crippen LogP contribution >= 0.6 is 0 Å². The maximum atomic E-state index is 12.9. The second-order valence-electron chi connectivity index (χ2n) is 7.48. The van der Waals surface area contributed by atoms with Crippen molar-refractivity contribution in [2.45, 2.75) is 52.0 Å². The number of nitrogens with zero attached hydrogens (tertiary/aromatic N) is 2. The zero-order valence-corrected chi connectivity index (χ0v) is 15.2. The van der Waals surface area contributed by atoms with Gasteiger partial charge in [0.25, 0.3) is 11.5 Å². The summed E-state index contributed by atoms with van der Waals surface area (Å²) < 4.78 is 0. The van der Waals surface area contributed by atoms with Crippen LogP contribution in [0, 0.1) is 5.92 Å². The Kier molecular flexibility index (Phi) is 4.97. The first kappa shape index (κ1) is 17.7. The highest BCUT2D eigenvalue weighted by Crippen LogP contribution is 2.29. The summed E-state index contributed by atoms with van der Waals surface area (Å²) in [6, 6.07) is 3.50. The summed E-state index contributed by atoms with van der Waals surface area (Å²) in [5.74, 6) is -0.0357. The van der Waals surface area contributed by atoms with E-state index in [4.69, 9.17) is 0 Å². The molecule has 6 nitrogen and oxygen atoms in total. The first-order valence-corrected chi connectivity index (χ1v) is 9.25. The number of pyridine rings is 1. The van der Waals surface area contributed by atoms with Gasteiger partial charge in [-0.1, -0.05) is 20.8 Å². The minimum atomic E-state index is -0.343. The van der Waals surface area contributed by atoms with E-state index in [0.29, 0.717) is 13.1 Å². The van der Waals surface area contributed by atoms with E-state index >= 15 is 0 Å². The average Bonchev–Trinajstić information content (AvgIpc) is 2.87. The molecule has 3 saturated heterocycles. The van der Waals surface area contributed by atoms with E-state index in [-0.39, 0.29) is 40.8 Å². The van der Waals surface area contributed by atoms with E-state index in [2.05, 4.69) is 11.9 Å². The molecular formula is C19H27N3O3. The molecule has 6 heteroatoms. The molecule has 3 fully saturated rings. The number of amides is 2. The summed E-state index contributed by atoms with van der Waals surface area (Å²) in [5.41, 5.74) is 0.645. The van der Waals surface area contributed by atoms with Gasteiger partial charge in [-0.15, -0.1) is 0 Å². The molecule has 1 aromatic heterocycles. The fourth-order valence-corrected chi connectivity index (χ4v) is 3.91. The number of aromatic amines is 1. The SMILES string of the molecule is CCCN1C(=O)[C@H]2CC[C@@H]1CN(C(=O)c1ccc(C(C)C)[nH]c1=O)C2. The highest BCUT2D eigenvalue weighted by molar-refractivity contribution is 5.94. The lowest BCUT2D eigenvalue weighted by molar-refractivity contribution is -0.139. The minimum absolute atomic E-state index is 0.0733. The summed E-state index contributed by atoms with van der Waals surface area (Å²) in [6.45, 7) is 7.73. The first-order chi connectivity index (χ1) is 11.9. The summed E-state index contributed by atoms with van der Waals surface area (Å²) in [5, 5.41) is 0. The van der Waals surface area contributed by atoms with Crippen molar-refractivity contribution >= 4 is 11.8 Å². The van der Waals surface area contributed by atoms with Crippen molar-refractivity contribution in [1.82, 2.24) is 14.8 Å². The van der Waals surface area contributed by atoms with Gasteiger partial charge in [0.1, 0.15) is 5.56 Å². The van der Waals surface area contributed by atoms with Crippen LogP contribution in [0.2, 0.25) is 0 Å². The molecule has 2 amide bonds. The van der Waals surface area contributed by atoms with E-state index < -0.39 is 0 Å². The lowest BCUT2D eigenvalue weighted by atomic mass is 9.94. The number of carbonyl (C=O) groups excluding carboxylic acids is 2. The smallest absolute Gasteiger partial charge is 0.261 e. The third-order valence-corrected chi connectivity index (χ3v) is 5.33. The van der Waals surface area contributed by atoms with Crippen LogP contribution in [0.1, 0.15) is 62.0 Å². The fourth-order valence-electron chi connectivity index (χ4n) is 3.91. The zero-order valence-electron chi connectivity index (χ0n) is 15.2. The van der Waals surface area contributed by atoms with Crippen LogP contribution in [0.3, 0.4) is 0 Å². The number of fused-ring (bicyclic) bond motifs is 4. The Bertz CT molecular complexity index is 725. The van der Waals surface area contributed by atoms with Gasteiger partial charge in [0.2, 0.25) is 5.91 Å². The number of hydrogen-bond donors (Lipinski definition) is 1. The van der Waals surface area contributed by atoms with Gasteiger partial charge in [-0.25, -0.2) is 0 Å². The van der Waals surface area contributed by atoms with Gasteiger partial charge in [0.05, 0.1) is 5.92 Å². The molecule has 3 aliphatic rings. The van der Waals surface area contributed by atoms with E-state index in [9.17, 15) is 14.4 Å². The van der Waals surface area contributed by atoms with Gasteiger partial charge in [0.15, 0.2) is 0 Å². The third-order valence-electron chi connectivity index (χ3n) is 5.33. The Morgan fingerprint density at radius 3 is 2.64 bits per heavy atom. The molecule has 136 valence electrons. The molecule has 0 unspecified atom stereocenters. The van der Waals surface area contributed by atoms with Crippen molar-refractivity contribution in [3.8, 4) is 0 Å². The molecule has 0 radical (unpaired) electrons. The molecule has 2 atom stereocenters. The Morgan fingerprint density at radius 2 is 2.00 bits per heavy atom. The first-order valence-electron chi connectivity index (χ1n) is 9.25. The second-order valence-corrected chi connectivity index (χ2v) is 7.48. The van der Waals surface area contributed by atoms with E-state index in [1.54, 1.807) is 17.0 Å². The quantitative estimate of drug-likeness (QED) is 0.907. The molecule has 1 aromatic rings. The largest absolute Gasteiger partial charge is 0.338 e. The monoisotopic (exact) mass is 345 g/mol. The van der Waals surface area contributed by atoms with Crippen molar-refractivity contribution in [2.75, 3.05) is 19.6 Å². The fraction of sp³-hybridized carbons (Fsp3) is 0.632. The zero-order chi connectivity index (χ0) is 18.1. The van der Waals surface area contributed by atoms with Crippen LogP contribution in [0.25, 0.3) is 0 Å². The predicted octanol–water partition coefficient (Wildman–Crippen LogP) is 1.97. The van der Waals surface area contributed by atoms with Crippen LogP contribution in [-0.4, -0.2) is 52.3 Å². The standard InChI is InChI=1S/C19H27N3O3/c1-4-9-22-14-6-5-13(18(22)24)10-21(11-14)19(25)15-7-8-16(12(2)3)20-17(15)23/h7-8,12-14H,4-6,9-11H2,1-3H3,(H,20,23)/t13-,14+/m0/s1. The molecule has 0 spiro atoms. The molecule has 0 aromatic carbocycles. The Balaban J connectivity index is 1.84. The average molecular weight is 345 g/mol. The number of H-pyrrole nitrogens is 1. The normalized spacial score (nSPS) is 23.3. The molecule has 1 N–H and O–H groups in total. The van der Waals surface area contributed by atoms with Crippen LogP contribution in [0.5, 0.6) is 0 Å². The lowest BCUT2D eigenvalue weighted by Crippen LogP contribution is -2.48. The lowest BCUT2D eigenvalue weighted by Gasteiger charge is -2.35. The van der Waals surface area contributed by atoms with E-state index in [1.807, 2.05) is 18.7 Å². The number of carbonyl (C=O) groups is 2. The topological polar surface area (TPSA) is 73.5 Å². The molecule has 4 heterocycles. The van der Waals surface area contributed by atoms with Crippen LogP contribution in [0.4, 0.5) is 0 Å². The summed E-state index contributed by atoms with van der Waals surface area (Å²) in [4.78, 5) is 44.3. The van der Waals surface area contributed by atoms with Crippen LogP contribution in [0.15, 0.2) is 16.9 Å². The number of aromatic nitrogens is 1. The minimum Gasteiger partial charge on any atom is -0.338 e. The molecule has 0 saturated carbocycles. The Labute approximate surface area is 148 Å². The van der Waals surface area contributed by atoms with Gasteiger partial charge in [0, 0.05) is 31.4 Å². The van der Waals surface area contributed by atoms with Gasteiger partial charge >= 0.3 is 0 Å². The Morgan fingerprint density at radius 1 is 1.24 bits per heavy atom. The molecule has 0 aliphatic carbocycles. The number of hydrogen-bond acceptors (Lipinski definition) is 3. The maximum absolute atomic E-state index is 12.9. The highest BCUT2D eigenvalue weighted by Gasteiger charge is 2.41. The van der Waals surface area contributed by atoms with Gasteiger partial charge in [-0.2, -0.15) is 0 Å². The van der Waals surface area contributed by atoms with Crippen molar-refractivity contribution in [3.05, 3.63) is 33.7 Å². The highest BCUT2D eigenvalue weighted by atomic mass is 16.2. The van der Waals surface area contributed by atoms with Gasteiger partial charge < -0.3 is 14.8 Å². The molecule has 3 aliphatic heterocycles. The van der Waals surface area contributed by atoms with Crippen molar-refractivity contribution in [2.24, 2.45) is 5.92 Å². The summed E-state index contributed by atoms with van der Waals surface area (Å²) in [6.07, 6.45) is 2.68.